The first kappa shape index (κ1) is 37.1. The Kier molecular flexibility index (Phi) is 16.5. The lowest BCUT2D eigenvalue weighted by molar-refractivity contribution is -0.141. The number of esters is 2. The molecule has 0 amide bonds. The largest absolute Gasteiger partial charge is 0.469 e. The van der Waals surface area contributed by atoms with Crippen LogP contribution in [0.5, 0.6) is 0 Å². The first-order valence-corrected chi connectivity index (χ1v) is 15.0. The number of carbonyl (C=O) groups is 2. The lowest BCUT2D eigenvalue weighted by Crippen LogP contribution is -2.36. The fourth-order valence-corrected chi connectivity index (χ4v) is 4.75. The average Bonchev–Trinajstić information content (AvgIpc) is 3.78. The Morgan fingerprint density at radius 1 is 0.778 bits per heavy atom. The summed E-state index contributed by atoms with van der Waals surface area (Å²) in [7, 11) is 2.79. The third-order valence-corrected chi connectivity index (χ3v) is 6.79. The smallest absolute Gasteiger partial charge is 0.305 e. The van der Waals surface area contributed by atoms with Crippen LogP contribution in [-0.4, -0.2) is 51.0 Å². The molecule has 8 nitrogen and oxygen atoms in total. The number of alkyl halides is 2. The fourth-order valence-electron chi connectivity index (χ4n) is 4.75. The molecule has 0 aliphatic carbocycles. The van der Waals surface area contributed by atoms with Gasteiger partial charge in [-0.3, -0.25) is 9.59 Å². The maximum Gasteiger partial charge on any atom is 0.305 e. The maximum atomic E-state index is 11.6. The Balaban J connectivity index is 0.000000394. The number of imidazole rings is 2. The highest BCUT2D eigenvalue weighted by molar-refractivity contribution is 6.40. The lowest BCUT2D eigenvalue weighted by Gasteiger charge is -2.37. The molecule has 238 valence electrons. The molecule has 2 heterocycles. The molecule has 5 rings (SSSR count). The summed E-state index contributed by atoms with van der Waals surface area (Å²) in [6.07, 6.45) is 9.09. The molecule has 45 heavy (non-hydrogen) atoms. The molecule has 5 aromatic rings. The van der Waals surface area contributed by atoms with E-state index in [-0.39, 0.29) is 29.7 Å². The van der Waals surface area contributed by atoms with Crippen molar-refractivity contribution in [3.8, 4) is 0 Å². The lowest BCUT2D eigenvalue weighted by atomic mass is 9.77. The van der Waals surface area contributed by atoms with E-state index in [9.17, 15) is 9.59 Å². The van der Waals surface area contributed by atoms with Crippen LogP contribution in [0.4, 0.5) is 0 Å². The minimum absolute atomic E-state index is 0. The van der Waals surface area contributed by atoms with Crippen LogP contribution in [0.25, 0.3) is 0 Å². The standard InChI is InChI=1S/C26H24N2O2.C7H10N2O2.CH2Cl2.ClH/c1-30-25(29)18-17-24-19-28(20-27-24)26(21-11-5-2-6-12-21,22-13-7-3-8-14-22)23-15-9-4-10-16-23;1-11-7(10)3-2-6-4-8-5-9-6;2-1-3;/h2-16,19-20H,17-18H2,1H3;4-5H,2-3H2,1H3,(H,8,9);1H2;1H. The highest BCUT2D eigenvalue weighted by atomic mass is 35.5. The number of halogens is 3. The summed E-state index contributed by atoms with van der Waals surface area (Å²) in [6.45, 7) is 0. The molecule has 0 spiro atoms. The van der Waals surface area contributed by atoms with Gasteiger partial charge in [-0.25, -0.2) is 9.97 Å². The molecule has 0 fully saturated rings. The van der Waals surface area contributed by atoms with Gasteiger partial charge in [0, 0.05) is 24.5 Å². The number of nitrogens with one attached hydrogen (secondary N) is 1. The van der Waals surface area contributed by atoms with E-state index in [2.05, 4.69) is 97.1 Å². The predicted octanol–water partition coefficient (Wildman–Crippen LogP) is 7.19. The van der Waals surface area contributed by atoms with Gasteiger partial charge in [0.1, 0.15) is 5.54 Å². The molecule has 11 heteroatoms. The minimum atomic E-state index is -0.583. The second-order valence-corrected chi connectivity index (χ2v) is 10.2. The number of aryl methyl sites for hydroxylation is 2. The quantitative estimate of drug-likeness (QED) is 0.0959. The molecule has 0 aliphatic rings. The SMILES string of the molecule is COC(=O)CCc1cn(C(c2ccccc2)(c2ccccc2)c2ccccc2)cn1.COC(=O)CCc1cnc[nH]1.Cl.ClCCl. The van der Waals surface area contributed by atoms with E-state index in [1.54, 1.807) is 12.5 Å². The van der Waals surface area contributed by atoms with Crippen molar-refractivity contribution in [3.05, 3.63) is 144 Å². The Morgan fingerprint density at radius 3 is 1.62 bits per heavy atom. The Bertz CT molecular complexity index is 1420. The summed E-state index contributed by atoms with van der Waals surface area (Å²) >= 11 is 9.53. The number of benzene rings is 3. The van der Waals surface area contributed by atoms with Gasteiger partial charge in [-0.05, 0) is 23.1 Å². The van der Waals surface area contributed by atoms with E-state index < -0.39 is 5.54 Å². The van der Waals surface area contributed by atoms with E-state index in [1.807, 2.05) is 30.7 Å². The van der Waals surface area contributed by atoms with Crippen molar-refractivity contribution in [1.29, 1.82) is 0 Å². The van der Waals surface area contributed by atoms with Crippen molar-refractivity contribution >= 4 is 47.5 Å². The van der Waals surface area contributed by atoms with Crippen LogP contribution in [0.2, 0.25) is 0 Å². The van der Waals surface area contributed by atoms with Gasteiger partial charge < -0.3 is 19.0 Å². The molecule has 0 atom stereocenters. The summed E-state index contributed by atoms with van der Waals surface area (Å²) in [5.41, 5.74) is 4.64. The molecular weight excluding hydrogens is 635 g/mol. The number of aromatic nitrogens is 4. The number of carbonyl (C=O) groups excluding carboxylic acids is 2. The zero-order valence-corrected chi connectivity index (χ0v) is 27.5. The van der Waals surface area contributed by atoms with Crippen molar-refractivity contribution in [1.82, 2.24) is 19.5 Å². The summed E-state index contributed by atoms with van der Waals surface area (Å²) in [5, 5.41) is 0.194. The Hall–Kier alpha value is -4.11. The van der Waals surface area contributed by atoms with Crippen molar-refractivity contribution in [2.45, 2.75) is 31.2 Å². The summed E-state index contributed by atoms with van der Waals surface area (Å²) < 4.78 is 11.4. The van der Waals surface area contributed by atoms with Gasteiger partial charge in [0.25, 0.3) is 0 Å². The molecule has 2 aromatic heterocycles. The fraction of sp³-hybridized carbons (Fsp3) is 0.235. The second kappa shape index (κ2) is 20.0. The van der Waals surface area contributed by atoms with Crippen LogP contribution in [0.1, 0.15) is 40.9 Å². The number of hydrogen-bond donors (Lipinski definition) is 1. The number of nitrogens with zero attached hydrogens (tertiary/aromatic N) is 3. The third kappa shape index (κ3) is 10.5. The van der Waals surface area contributed by atoms with Crippen molar-refractivity contribution < 1.29 is 19.1 Å². The van der Waals surface area contributed by atoms with Crippen LogP contribution in [-0.2, 0) is 37.4 Å². The highest BCUT2D eigenvalue weighted by Crippen LogP contribution is 2.40. The van der Waals surface area contributed by atoms with Gasteiger partial charge >= 0.3 is 11.9 Å². The third-order valence-electron chi connectivity index (χ3n) is 6.79. The first-order chi connectivity index (χ1) is 21.5. The zero-order chi connectivity index (χ0) is 31.6. The summed E-state index contributed by atoms with van der Waals surface area (Å²) in [4.78, 5) is 33.6. The zero-order valence-electron chi connectivity index (χ0n) is 25.1. The number of aromatic amines is 1. The van der Waals surface area contributed by atoms with Crippen molar-refractivity contribution in [3.63, 3.8) is 0 Å². The van der Waals surface area contributed by atoms with Gasteiger partial charge in [0.05, 0.1) is 50.7 Å². The number of methoxy groups -OCH3 is 2. The van der Waals surface area contributed by atoms with Crippen LogP contribution < -0.4 is 0 Å². The van der Waals surface area contributed by atoms with Crippen molar-refractivity contribution in [2.75, 3.05) is 19.6 Å². The number of rotatable bonds is 10. The topological polar surface area (TPSA) is 99.1 Å². The molecule has 0 saturated carbocycles. The molecule has 0 saturated heterocycles. The normalized spacial score (nSPS) is 10.2. The van der Waals surface area contributed by atoms with E-state index >= 15 is 0 Å². The molecule has 3 aromatic carbocycles. The van der Waals surface area contributed by atoms with E-state index in [4.69, 9.17) is 27.9 Å². The van der Waals surface area contributed by atoms with Gasteiger partial charge in [0.2, 0.25) is 0 Å². The number of hydrogen-bond acceptors (Lipinski definition) is 6. The Labute approximate surface area is 280 Å². The van der Waals surface area contributed by atoms with Gasteiger partial charge in [-0.15, -0.1) is 35.6 Å². The average molecular weight is 672 g/mol. The molecular formula is C34H37Cl3N4O4. The van der Waals surface area contributed by atoms with Crippen LogP contribution >= 0.6 is 35.6 Å². The van der Waals surface area contributed by atoms with Gasteiger partial charge in [-0.2, -0.15) is 0 Å². The van der Waals surface area contributed by atoms with Crippen LogP contribution in [0.15, 0.2) is 116 Å². The van der Waals surface area contributed by atoms with Crippen LogP contribution in [0.3, 0.4) is 0 Å². The summed E-state index contributed by atoms with van der Waals surface area (Å²) in [6, 6.07) is 31.3. The monoisotopic (exact) mass is 670 g/mol. The number of ether oxygens (including phenoxy) is 2. The summed E-state index contributed by atoms with van der Waals surface area (Å²) in [5.74, 6) is -0.426. The predicted molar refractivity (Wildman–Crippen MR) is 180 cm³/mol. The molecule has 0 radical (unpaired) electrons. The van der Waals surface area contributed by atoms with Gasteiger partial charge in [0.15, 0.2) is 0 Å². The minimum Gasteiger partial charge on any atom is -0.469 e. The van der Waals surface area contributed by atoms with Crippen LogP contribution in [0, 0.1) is 0 Å². The highest BCUT2D eigenvalue weighted by Gasteiger charge is 2.38. The molecule has 0 unspecified atom stereocenters. The first-order valence-electron chi connectivity index (χ1n) is 13.9. The molecule has 0 bridgehead atoms. The van der Waals surface area contributed by atoms with Gasteiger partial charge in [-0.1, -0.05) is 91.0 Å². The Morgan fingerprint density at radius 2 is 1.22 bits per heavy atom. The molecule has 0 aliphatic heterocycles. The number of H-pyrrole nitrogens is 1. The second-order valence-electron chi connectivity index (χ2n) is 9.41. The van der Waals surface area contributed by atoms with E-state index in [0.29, 0.717) is 25.7 Å². The van der Waals surface area contributed by atoms with E-state index in [0.717, 1.165) is 28.1 Å². The maximum absolute atomic E-state index is 11.6. The van der Waals surface area contributed by atoms with E-state index in [1.165, 1.54) is 14.2 Å². The molecule has 1 N–H and O–H groups in total. The van der Waals surface area contributed by atoms with Crippen molar-refractivity contribution in [2.24, 2.45) is 0 Å².